The van der Waals surface area contributed by atoms with E-state index in [0.717, 1.165) is 23.5 Å². The van der Waals surface area contributed by atoms with E-state index in [2.05, 4.69) is 6.07 Å². The number of non-ortho nitro benzene ring substituents is 1. The van der Waals surface area contributed by atoms with Gasteiger partial charge >= 0.3 is 0 Å². The Hall–Kier alpha value is -1.54. The maximum atomic E-state index is 10.5. The number of hydrogen-bond donors (Lipinski definition) is 0. The van der Waals surface area contributed by atoms with Crippen LogP contribution in [0.25, 0.3) is 0 Å². The fourth-order valence-corrected chi connectivity index (χ4v) is 2.28. The van der Waals surface area contributed by atoms with Crippen LogP contribution < -0.4 is 0 Å². The Morgan fingerprint density at radius 1 is 1.39 bits per heavy atom. The maximum Gasteiger partial charge on any atom is 0.269 e. The van der Waals surface area contributed by atoms with Gasteiger partial charge in [-0.3, -0.25) is 10.1 Å². The van der Waals surface area contributed by atoms with Gasteiger partial charge < -0.3 is 0 Å². The summed E-state index contributed by atoms with van der Waals surface area (Å²) < 4.78 is 0. The molecule has 0 aromatic heterocycles. The second kappa shape index (κ2) is 6.41. The Bertz CT molecular complexity index is 449. The molecule has 0 aliphatic heterocycles. The lowest BCUT2D eigenvalue weighted by molar-refractivity contribution is -0.384. The first-order valence-electron chi connectivity index (χ1n) is 5.73. The summed E-state index contributed by atoms with van der Waals surface area (Å²) in [6.45, 7) is 3.87. The summed E-state index contributed by atoms with van der Waals surface area (Å²) >= 11 is 1.66. The first kappa shape index (κ1) is 14.5. The van der Waals surface area contributed by atoms with Gasteiger partial charge in [0.1, 0.15) is 0 Å². The van der Waals surface area contributed by atoms with Crippen molar-refractivity contribution in [3.63, 3.8) is 0 Å². The minimum absolute atomic E-state index is 0.116. The fraction of sp³-hybridized carbons (Fsp3) is 0.462. The average molecular weight is 264 g/mol. The van der Waals surface area contributed by atoms with Crippen molar-refractivity contribution in [3.8, 4) is 6.07 Å². The van der Waals surface area contributed by atoms with Crippen molar-refractivity contribution in [1.82, 2.24) is 0 Å². The van der Waals surface area contributed by atoms with E-state index in [-0.39, 0.29) is 11.1 Å². The number of thioether (sulfide) groups is 1. The second-order valence-corrected chi connectivity index (χ2v) is 5.87. The third-order valence-corrected chi connectivity index (χ3v) is 3.66. The summed E-state index contributed by atoms with van der Waals surface area (Å²) in [5.41, 5.74) is -0.152. The molecule has 0 saturated carbocycles. The van der Waals surface area contributed by atoms with Crippen LogP contribution in [0.5, 0.6) is 0 Å². The number of hydrogen-bond acceptors (Lipinski definition) is 4. The SMILES string of the molecule is CC(C)(C#N)CCCSc1ccc([N+](=O)[O-])cc1. The molecule has 0 bridgehead atoms. The van der Waals surface area contributed by atoms with E-state index >= 15 is 0 Å². The van der Waals surface area contributed by atoms with Crippen LogP contribution in [0.15, 0.2) is 29.2 Å². The highest BCUT2D eigenvalue weighted by Crippen LogP contribution is 2.26. The van der Waals surface area contributed by atoms with Crippen molar-refractivity contribution in [2.45, 2.75) is 31.6 Å². The molecule has 0 amide bonds. The molecule has 0 unspecified atom stereocenters. The van der Waals surface area contributed by atoms with Gasteiger partial charge in [0.15, 0.2) is 0 Å². The predicted molar refractivity (Wildman–Crippen MR) is 72.4 cm³/mol. The van der Waals surface area contributed by atoms with Crippen LogP contribution in [0.3, 0.4) is 0 Å². The number of nitro benzene ring substituents is 1. The van der Waals surface area contributed by atoms with E-state index in [0.29, 0.717) is 0 Å². The van der Waals surface area contributed by atoms with E-state index in [1.54, 1.807) is 23.9 Å². The van der Waals surface area contributed by atoms with Crippen LogP contribution >= 0.6 is 11.8 Å². The zero-order chi connectivity index (χ0) is 13.6. The molecule has 0 saturated heterocycles. The standard InChI is InChI=1S/C13H16N2O2S/c1-13(2,10-14)8-3-9-18-12-6-4-11(5-7-12)15(16)17/h4-7H,3,8-9H2,1-2H3. The molecule has 1 aromatic rings. The first-order valence-corrected chi connectivity index (χ1v) is 6.72. The van der Waals surface area contributed by atoms with Gasteiger partial charge in [-0.15, -0.1) is 11.8 Å². The summed E-state index contributed by atoms with van der Waals surface area (Å²) in [5.74, 6) is 0.920. The summed E-state index contributed by atoms with van der Waals surface area (Å²) in [5, 5.41) is 19.4. The largest absolute Gasteiger partial charge is 0.269 e. The van der Waals surface area contributed by atoms with Gasteiger partial charge in [0.05, 0.1) is 16.4 Å². The van der Waals surface area contributed by atoms with E-state index in [9.17, 15) is 10.1 Å². The van der Waals surface area contributed by atoms with Crippen molar-refractivity contribution in [2.24, 2.45) is 5.41 Å². The predicted octanol–water partition coefficient (Wildman–Crippen LogP) is 4.02. The molecular weight excluding hydrogens is 248 g/mol. The minimum Gasteiger partial charge on any atom is -0.258 e. The highest BCUT2D eigenvalue weighted by atomic mass is 32.2. The molecule has 0 aliphatic carbocycles. The number of nitriles is 1. The van der Waals surface area contributed by atoms with Gasteiger partial charge in [0.25, 0.3) is 5.69 Å². The van der Waals surface area contributed by atoms with Crippen LogP contribution in [-0.2, 0) is 0 Å². The average Bonchev–Trinajstić information content (AvgIpc) is 2.35. The molecular formula is C13H16N2O2S. The van der Waals surface area contributed by atoms with E-state index in [1.165, 1.54) is 12.1 Å². The molecule has 1 rings (SSSR count). The second-order valence-electron chi connectivity index (χ2n) is 4.70. The first-order chi connectivity index (χ1) is 8.44. The third kappa shape index (κ3) is 4.76. The summed E-state index contributed by atoms with van der Waals surface area (Å²) in [6, 6.07) is 8.83. The molecule has 5 heteroatoms. The lowest BCUT2D eigenvalue weighted by Crippen LogP contribution is -2.07. The normalized spacial score (nSPS) is 10.9. The molecule has 0 N–H and O–H groups in total. The van der Waals surface area contributed by atoms with Gasteiger partial charge in [0, 0.05) is 17.0 Å². The highest BCUT2D eigenvalue weighted by Gasteiger charge is 2.15. The van der Waals surface area contributed by atoms with Gasteiger partial charge in [-0.25, -0.2) is 0 Å². The van der Waals surface area contributed by atoms with Crippen LogP contribution in [0.4, 0.5) is 5.69 Å². The number of nitro groups is 1. The molecule has 0 radical (unpaired) electrons. The smallest absolute Gasteiger partial charge is 0.258 e. The van der Waals surface area contributed by atoms with Crippen molar-refractivity contribution in [1.29, 1.82) is 5.26 Å². The Kier molecular flexibility index (Phi) is 5.17. The van der Waals surface area contributed by atoms with E-state index in [1.807, 2.05) is 13.8 Å². The molecule has 0 aliphatic rings. The lowest BCUT2D eigenvalue weighted by Gasteiger charge is -2.13. The van der Waals surface area contributed by atoms with E-state index in [4.69, 9.17) is 5.26 Å². The van der Waals surface area contributed by atoms with Gasteiger partial charge in [-0.1, -0.05) is 0 Å². The summed E-state index contributed by atoms with van der Waals surface area (Å²) in [7, 11) is 0. The van der Waals surface area contributed by atoms with Gasteiger partial charge in [-0.05, 0) is 44.6 Å². The monoisotopic (exact) mass is 264 g/mol. The molecule has 96 valence electrons. The molecule has 0 spiro atoms. The van der Waals surface area contributed by atoms with Crippen LogP contribution in [0, 0.1) is 26.9 Å². The molecule has 18 heavy (non-hydrogen) atoms. The van der Waals surface area contributed by atoms with Gasteiger partial charge in [-0.2, -0.15) is 5.26 Å². The minimum atomic E-state index is -0.399. The topological polar surface area (TPSA) is 66.9 Å². The Balaban J connectivity index is 2.37. The molecule has 4 nitrogen and oxygen atoms in total. The van der Waals surface area contributed by atoms with Crippen LogP contribution in [0.2, 0.25) is 0 Å². The molecule has 0 fully saturated rings. The number of benzene rings is 1. The maximum absolute atomic E-state index is 10.5. The molecule has 0 atom stereocenters. The zero-order valence-corrected chi connectivity index (χ0v) is 11.4. The van der Waals surface area contributed by atoms with Gasteiger partial charge in [0.2, 0.25) is 0 Å². The number of nitrogens with zero attached hydrogens (tertiary/aromatic N) is 2. The van der Waals surface area contributed by atoms with Crippen molar-refractivity contribution < 1.29 is 4.92 Å². The Labute approximate surface area is 111 Å². The van der Waals surface area contributed by atoms with Crippen LogP contribution in [0.1, 0.15) is 26.7 Å². The number of rotatable bonds is 6. The zero-order valence-electron chi connectivity index (χ0n) is 10.5. The van der Waals surface area contributed by atoms with E-state index < -0.39 is 4.92 Å². The summed E-state index contributed by atoms with van der Waals surface area (Å²) in [6.07, 6.45) is 1.83. The highest BCUT2D eigenvalue weighted by molar-refractivity contribution is 7.99. The Morgan fingerprint density at radius 2 is 2.00 bits per heavy atom. The lowest BCUT2D eigenvalue weighted by atomic mass is 9.90. The summed E-state index contributed by atoms with van der Waals surface area (Å²) in [4.78, 5) is 11.1. The van der Waals surface area contributed by atoms with Crippen molar-refractivity contribution in [2.75, 3.05) is 5.75 Å². The Morgan fingerprint density at radius 3 is 2.50 bits per heavy atom. The van der Waals surface area contributed by atoms with Crippen molar-refractivity contribution in [3.05, 3.63) is 34.4 Å². The third-order valence-electron chi connectivity index (χ3n) is 2.57. The van der Waals surface area contributed by atoms with Crippen molar-refractivity contribution >= 4 is 17.4 Å². The van der Waals surface area contributed by atoms with Crippen LogP contribution in [-0.4, -0.2) is 10.7 Å². The molecule has 0 heterocycles. The fourth-order valence-electron chi connectivity index (χ4n) is 1.42. The molecule has 1 aromatic carbocycles. The quantitative estimate of drug-likeness (QED) is 0.337.